The Morgan fingerprint density at radius 2 is 1.28 bits per heavy atom. The Labute approximate surface area is 173 Å². The summed E-state index contributed by atoms with van der Waals surface area (Å²) in [7, 11) is -5.27. The van der Waals surface area contributed by atoms with Gasteiger partial charge < -0.3 is 10.5 Å². The maximum Gasteiger partial charge on any atom is 0.310 e. The Kier molecular flexibility index (Phi) is 7.99. The lowest BCUT2D eigenvalue weighted by atomic mass is 10.1. The van der Waals surface area contributed by atoms with Gasteiger partial charge in [-0.1, -0.05) is 12.1 Å². The van der Waals surface area contributed by atoms with Crippen LogP contribution in [0.3, 0.4) is 0 Å². The van der Waals surface area contributed by atoms with Gasteiger partial charge >= 0.3 is 5.97 Å². The van der Waals surface area contributed by atoms with Crippen molar-refractivity contribution >= 4 is 31.1 Å². The first-order valence-electron chi connectivity index (χ1n) is 8.72. The molecule has 2 aromatic carbocycles. The molecule has 7 nitrogen and oxygen atoms in total. The maximum atomic E-state index is 11.6. The van der Waals surface area contributed by atoms with Crippen molar-refractivity contribution in [3.63, 3.8) is 0 Å². The average molecular weight is 440 g/mol. The summed E-state index contributed by atoms with van der Waals surface area (Å²) in [4.78, 5) is 12.6. The van der Waals surface area contributed by atoms with E-state index >= 15 is 0 Å². The maximum absolute atomic E-state index is 11.6. The van der Waals surface area contributed by atoms with E-state index in [0.29, 0.717) is 15.5 Å². The van der Waals surface area contributed by atoms with Crippen LogP contribution in [0.25, 0.3) is 0 Å². The zero-order valence-electron chi connectivity index (χ0n) is 17.4. The van der Waals surface area contributed by atoms with Gasteiger partial charge in [-0.15, -0.1) is 0 Å². The summed E-state index contributed by atoms with van der Waals surface area (Å²) in [5.41, 5.74) is 6.34. The largest absolute Gasteiger partial charge is 0.460 e. The second-order valence-electron chi connectivity index (χ2n) is 7.66. The Bertz CT molecular complexity index is 1040. The summed E-state index contributed by atoms with van der Waals surface area (Å²) in [6.07, 6.45) is 2.94. The predicted molar refractivity (Wildman–Crippen MR) is 117 cm³/mol. The van der Waals surface area contributed by atoms with E-state index < -0.39 is 25.1 Å². The van der Waals surface area contributed by atoms with Gasteiger partial charge in [0.1, 0.15) is 5.60 Å². The van der Waals surface area contributed by atoms with Crippen molar-refractivity contribution in [3.05, 3.63) is 54.1 Å². The molecule has 160 valence electrons. The second kappa shape index (κ2) is 9.41. The van der Waals surface area contributed by atoms with E-state index in [0.717, 1.165) is 5.56 Å². The molecule has 2 atom stereocenters. The molecule has 2 aromatic rings. The Balaban J connectivity index is 0.000000326. The third kappa shape index (κ3) is 9.58. The van der Waals surface area contributed by atoms with E-state index in [9.17, 15) is 13.2 Å². The van der Waals surface area contributed by atoms with E-state index in [2.05, 4.69) is 0 Å². The number of esters is 1. The highest BCUT2D eigenvalue weighted by molar-refractivity contribution is 7.92. The first-order chi connectivity index (χ1) is 13.1. The van der Waals surface area contributed by atoms with Crippen molar-refractivity contribution in [1.29, 1.82) is 9.56 Å². The number of anilines is 1. The first kappa shape index (κ1) is 24.6. The lowest BCUT2D eigenvalue weighted by molar-refractivity contribution is -0.153. The van der Waals surface area contributed by atoms with Gasteiger partial charge in [-0.25, -0.2) is 18.0 Å². The van der Waals surface area contributed by atoms with E-state index in [1.165, 1.54) is 12.5 Å². The molecule has 0 saturated carbocycles. The number of rotatable bonds is 4. The minimum atomic E-state index is -2.69. The van der Waals surface area contributed by atoms with Gasteiger partial charge in [0.15, 0.2) is 0 Å². The van der Waals surface area contributed by atoms with E-state index in [4.69, 9.17) is 20.0 Å². The van der Waals surface area contributed by atoms with Crippen LogP contribution in [-0.4, -0.2) is 32.5 Å². The zero-order valence-corrected chi connectivity index (χ0v) is 19.0. The molecule has 0 saturated heterocycles. The molecule has 0 amide bonds. The molecule has 0 fully saturated rings. The molecular weight excluding hydrogens is 410 g/mol. The van der Waals surface area contributed by atoms with Crippen LogP contribution in [0.1, 0.15) is 26.3 Å². The molecule has 0 aliphatic heterocycles. The van der Waals surface area contributed by atoms with Crippen molar-refractivity contribution < 1.29 is 17.9 Å². The highest BCUT2D eigenvalue weighted by atomic mass is 32.2. The van der Waals surface area contributed by atoms with Gasteiger partial charge in [-0.05, 0) is 62.7 Å². The van der Waals surface area contributed by atoms with Gasteiger partial charge in [-0.3, -0.25) is 4.79 Å². The molecule has 0 heterocycles. The number of ether oxygens (including phenoxy) is 1. The molecule has 0 bridgehead atoms. The van der Waals surface area contributed by atoms with E-state index in [-0.39, 0.29) is 12.4 Å². The van der Waals surface area contributed by atoms with E-state index in [1.54, 1.807) is 48.5 Å². The normalized spacial score (nSPS) is 15.2. The number of nitrogen functional groups attached to an aromatic ring is 1. The molecule has 0 aliphatic carbocycles. The fraction of sp³-hybridized carbons (Fsp3) is 0.350. The minimum Gasteiger partial charge on any atom is -0.460 e. The smallest absolute Gasteiger partial charge is 0.310 e. The number of carbonyl (C=O) groups is 1. The first-order valence-corrected chi connectivity index (χ1v) is 12.6. The quantitative estimate of drug-likeness (QED) is 0.490. The summed E-state index contributed by atoms with van der Waals surface area (Å²) in [5, 5.41) is 0. The van der Waals surface area contributed by atoms with Crippen LogP contribution in [0, 0.1) is 9.56 Å². The van der Waals surface area contributed by atoms with Crippen LogP contribution in [-0.2, 0) is 35.4 Å². The summed E-state index contributed by atoms with van der Waals surface area (Å²) < 4.78 is 42.5. The van der Waals surface area contributed by atoms with Gasteiger partial charge in [0.05, 0.1) is 25.9 Å². The number of benzene rings is 2. The Morgan fingerprint density at radius 3 is 1.62 bits per heavy atom. The lowest BCUT2D eigenvalue weighted by Crippen LogP contribution is -2.24. The third-order valence-corrected chi connectivity index (χ3v) is 5.81. The van der Waals surface area contributed by atoms with Gasteiger partial charge in [0.2, 0.25) is 0 Å². The summed E-state index contributed by atoms with van der Waals surface area (Å²) in [6, 6.07) is 13.2. The van der Waals surface area contributed by atoms with Gasteiger partial charge in [-0.2, -0.15) is 0 Å². The molecule has 4 N–H and O–H groups in total. The Morgan fingerprint density at radius 1 is 0.897 bits per heavy atom. The minimum absolute atomic E-state index is 0.181. The number of nitrogens with one attached hydrogen (secondary N) is 2. The van der Waals surface area contributed by atoms with Crippen LogP contribution >= 0.6 is 0 Å². The molecule has 0 aliphatic rings. The van der Waals surface area contributed by atoms with Crippen molar-refractivity contribution in [3.8, 4) is 0 Å². The summed E-state index contributed by atoms with van der Waals surface area (Å²) >= 11 is 0. The molecule has 0 aromatic heterocycles. The number of hydrogen-bond donors (Lipinski definition) is 3. The fourth-order valence-electron chi connectivity index (χ4n) is 2.14. The van der Waals surface area contributed by atoms with Crippen LogP contribution in [0.2, 0.25) is 0 Å². The molecule has 2 unspecified atom stereocenters. The van der Waals surface area contributed by atoms with Crippen molar-refractivity contribution in [2.24, 2.45) is 0 Å². The molecular formula is C20H29N3O4S2. The monoisotopic (exact) mass is 439 g/mol. The van der Waals surface area contributed by atoms with Crippen LogP contribution in [0.5, 0.6) is 0 Å². The molecule has 0 spiro atoms. The van der Waals surface area contributed by atoms with Gasteiger partial charge in [0, 0.05) is 28.0 Å². The fourth-order valence-corrected chi connectivity index (χ4v) is 3.45. The standard InChI is InChI=1S/C13H19NO3S.C7H10N2OS/c1-13(2,3)17-12(15)9-10-5-7-11(8-6-10)18(4,14)16;1-11(9,10)7-4-2-6(8)3-5-7/h5-8,14H,9H2,1-4H3;2-5,9H,8H2,1H3. The average Bonchev–Trinajstić information content (AvgIpc) is 2.52. The van der Waals surface area contributed by atoms with E-state index in [1.807, 2.05) is 20.8 Å². The number of nitrogens with two attached hydrogens (primary N) is 1. The summed E-state index contributed by atoms with van der Waals surface area (Å²) in [5.74, 6) is -0.293. The van der Waals surface area contributed by atoms with Gasteiger partial charge in [0.25, 0.3) is 0 Å². The molecule has 0 radical (unpaired) electrons. The second-order valence-corrected chi connectivity index (χ2v) is 12.0. The highest BCUT2D eigenvalue weighted by Gasteiger charge is 2.16. The predicted octanol–water partition coefficient (Wildman–Crippen LogP) is 3.91. The van der Waals surface area contributed by atoms with Crippen LogP contribution < -0.4 is 5.73 Å². The topological polar surface area (TPSA) is 134 Å². The molecule has 9 heteroatoms. The third-order valence-electron chi connectivity index (χ3n) is 3.47. The number of carbonyl (C=O) groups excluding carboxylic acids is 1. The SMILES string of the molecule is CC(C)(C)OC(=O)Cc1ccc(S(C)(=N)=O)cc1.CS(=N)(=O)c1ccc(N)cc1. The van der Waals surface area contributed by atoms with Crippen molar-refractivity contribution in [2.45, 2.75) is 42.6 Å². The van der Waals surface area contributed by atoms with Crippen LogP contribution in [0.4, 0.5) is 5.69 Å². The van der Waals surface area contributed by atoms with Crippen molar-refractivity contribution in [1.82, 2.24) is 0 Å². The van der Waals surface area contributed by atoms with Crippen LogP contribution in [0.15, 0.2) is 58.3 Å². The number of hydrogen-bond acceptors (Lipinski definition) is 7. The molecule has 2 rings (SSSR count). The molecule has 29 heavy (non-hydrogen) atoms. The highest BCUT2D eigenvalue weighted by Crippen LogP contribution is 2.14. The lowest BCUT2D eigenvalue weighted by Gasteiger charge is -2.19. The summed E-state index contributed by atoms with van der Waals surface area (Å²) in [6.45, 7) is 5.46. The zero-order chi connectivity index (χ0) is 22.5. The van der Waals surface area contributed by atoms with Crippen molar-refractivity contribution in [2.75, 3.05) is 18.2 Å². The Hall–Kier alpha value is -2.39.